The number of nitrogens with zero attached hydrogens (tertiary/aromatic N) is 1. The number of anilines is 1. The summed E-state index contributed by atoms with van der Waals surface area (Å²) >= 11 is 0. The minimum atomic E-state index is -1.15. The van der Waals surface area contributed by atoms with Gasteiger partial charge in [0.15, 0.2) is 0 Å². The number of carboxylic acids is 1. The van der Waals surface area contributed by atoms with Gasteiger partial charge in [-0.25, -0.2) is 4.79 Å². The SMILES string of the molecule is Cc1ccc(N(CC(=O)O)C(=O)CNC(=O)OCC2c3ccccc3-c3ccccc32)cc1. The number of carboxylic acid groups (broad SMARTS) is 1. The Kier molecular flexibility index (Phi) is 6.40. The number of hydrogen-bond donors (Lipinski definition) is 2. The van der Waals surface area contributed by atoms with Gasteiger partial charge in [-0.15, -0.1) is 0 Å². The maximum absolute atomic E-state index is 12.6. The van der Waals surface area contributed by atoms with Crippen LogP contribution in [-0.2, 0) is 14.3 Å². The number of aryl methyl sites for hydroxylation is 1. The Bertz CT molecular complexity index is 1140. The summed E-state index contributed by atoms with van der Waals surface area (Å²) in [7, 11) is 0. The minimum absolute atomic E-state index is 0.0880. The van der Waals surface area contributed by atoms with Gasteiger partial charge < -0.3 is 15.2 Å². The zero-order valence-electron chi connectivity index (χ0n) is 18.2. The van der Waals surface area contributed by atoms with Crippen LogP contribution in [0.2, 0.25) is 0 Å². The molecule has 3 aromatic rings. The molecule has 4 rings (SSSR count). The van der Waals surface area contributed by atoms with Gasteiger partial charge in [0.1, 0.15) is 19.7 Å². The second kappa shape index (κ2) is 9.56. The molecule has 7 nitrogen and oxygen atoms in total. The van der Waals surface area contributed by atoms with E-state index in [9.17, 15) is 19.5 Å². The molecule has 0 spiro atoms. The molecule has 0 aromatic heterocycles. The number of ether oxygens (including phenoxy) is 1. The molecule has 0 unspecified atom stereocenters. The van der Waals surface area contributed by atoms with Crippen molar-refractivity contribution in [3.05, 3.63) is 89.5 Å². The molecule has 0 saturated carbocycles. The van der Waals surface area contributed by atoms with Gasteiger partial charge in [0.05, 0.1) is 0 Å². The van der Waals surface area contributed by atoms with Crippen molar-refractivity contribution in [1.29, 1.82) is 0 Å². The molecular formula is C26H24N2O5. The molecule has 0 fully saturated rings. The average Bonchev–Trinajstić information content (AvgIpc) is 3.14. The Morgan fingerprint density at radius 1 is 0.909 bits per heavy atom. The van der Waals surface area contributed by atoms with Crippen molar-refractivity contribution in [3.8, 4) is 11.1 Å². The molecule has 1 aliphatic rings. The Labute approximate surface area is 191 Å². The molecular weight excluding hydrogens is 420 g/mol. The fourth-order valence-corrected chi connectivity index (χ4v) is 4.08. The molecule has 33 heavy (non-hydrogen) atoms. The first kappa shape index (κ1) is 22.1. The number of nitrogens with one attached hydrogen (secondary N) is 1. The molecule has 0 aliphatic heterocycles. The standard InChI is InChI=1S/C26H24N2O5/c1-17-10-12-18(13-11-17)28(15-25(30)31)24(29)14-27-26(32)33-16-23-21-8-4-2-6-19(21)20-7-3-5-9-22(20)23/h2-13,23H,14-16H2,1H3,(H,27,32)(H,30,31). The summed E-state index contributed by atoms with van der Waals surface area (Å²) < 4.78 is 5.44. The van der Waals surface area contributed by atoms with Gasteiger partial charge in [0.25, 0.3) is 0 Å². The minimum Gasteiger partial charge on any atom is -0.480 e. The van der Waals surface area contributed by atoms with E-state index in [0.29, 0.717) is 5.69 Å². The molecule has 0 bridgehead atoms. The Hall–Kier alpha value is -4.13. The fourth-order valence-electron chi connectivity index (χ4n) is 4.08. The highest BCUT2D eigenvalue weighted by Crippen LogP contribution is 2.44. The maximum Gasteiger partial charge on any atom is 0.407 e. The number of carbonyl (C=O) groups excluding carboxylic acids is 2. The van der Waals surface area contributed by atoms with Crippen LogP contribution in [0.4, 0.5) is 10.5 Å². The van der Waals surface area contributed by atoms with Crippen molar-refractivity contribution in [2.75, 3.05) is 24.6 Å². The van der Waals surface area contributed by atoms with Crippen LogP contribution in [0.5, 0.6) is 0 Å². The molecule has 0 atom stereocenters. The highest BCUT2D eigenvalue weighted by atomic mass is 16.5. The number of fused-ring (bicyclic) bond motifs is 3. The van der Waals surface area contributed by atoms with Gasteiger partial charge in [-0.05, 0) is 41.3 Å². The third-order valence-electron chi connectivity index (χ3n) is 5.67. The molecule has 168 valence electrons. The largest absolute Gasteiger partial charge is 0.480 e. The van der Waals surface area contributed by atoms with Crippen molar-refractivity contribution in [1.82, 2.24) is 5.32 Å². The molecule has 2 N–H and O–H groups in total. The van der Waals surface area contributed by atoms with Crippen LogP contribution in [0.15, 0.2) is 72.8 Å². The number of carbonyl (C=O) groups is 3. The highest BCUT2D eigenvalue weighted by Gasteiger charge is 2.29. The van der Waals surface area contributed by atoms with Crippen molar-refractivity contribution in [3.63, 3.8) is 0 Å². The number of rotatable bonds is 7. The van der Waals surface area contributed by atoms with Gasteiger partial charge in [-0.2, -0.15) is 0 Å². The Balaban J connectivity index is 1.38. The lowest BCUT2D eigenvalue weighted by atomic mass is 9.98. The normalized spacial score (nSPS) is 11.9. The summed E-state index contributed by atoms with van der Waals surface area (Å²) in [4.78, 5) is 37.3. The third kappa shape index (κ3) is 4.87. The average molecular weight is 444 g/mol. The van der Waals surface area contributed by atoms with E-state index in [4.69, 9.17) is 4.74 Å². The van der Waals surface area contributed by atoms with Crippen LogP contribution in [-0.4, -0.2) is 42.8 Å². The van der Waals surface area contributed by atoms with Gasteiger partial charge in [0, 0.05) is 11.6 Å². The monoisotopic (exact) mass is 444 g/mol. The summed E-state index contributed by atoms with van der Waals surface area (Å²) in [6.07, 6.45) is -0.732. The zero-order valence-corrected chi connectivity index (χ0v) is 18.2. The first-order valence-corrected chi connectivity index (χ1v) is 10.6. The topological polar surface area (TPSA) is 95.9 Å². The third-order valence-corrected chi connectivity index (χ3v) is 5.67. The number of benzene rings is 3. The van der Waals surface area contributed by atoms with Crippen molar-refractivity contribution >= 4 is 23.7 Å². The summed E-state index contributed by atoms with van der Waals surface area (Å²) in [6, 6.07) is 22.9. The smallest absolute Gasteiger partial charge is 0.407 e. The molecule has 7 heteroatoms. The van der Waals surface area contributed by atoms with E-state index >= 15 is 0 Å². The molecule has 0 saturated heterocycles. The van der Waals surface area contributed by atoms with Gasteiger partial charge in [-0.1, -0.05) is 66.2 Å². The number of amides is 2. The lowest BCUT2D eigenvalue weighted by Crippen LogP contribution is -2.43. The van der Waals surface area contributed by atoms with Crippen molar-refractivity contribution in [2.45, 2.75) is 12.8 Å². The lowest BCUT2D eigenvalue weighted by molar-refractivity contribution is -0.136. The van der Waals surface area contributed by atoms with E-state index in [-0.39, 0.29) is 19.1 Å². The summed E-state index contributed by atoms with van der Waals surface area (Å²) in [5.41, 5.74) is 5.86. The van der Waals surface area contributed by atoms with E-state index in [1.54, 1.807) is 24.3 Å². The number of alkyl carbamates (subject to hydrolysis) is 1. The quantitative estimate of drug-likeness (QED) is 0.575. The van der Waals surface area contributed by atoms with E-state index in [0.717, 1.165) is 32.7 Å². The van der Waals surface area contributed by atoms with E-state index in [1.807, 2.05) is 43.3 Å². The second-order valence-electron chi connectivity index (χ2n) is 7.89. The van der Waals surface area contributed by atoms with Crippen LogP contribution in [0.25, 0.3) is 11.1 Å². The zero-order chi connectivity index (χ0) is 23.4. The van der Waals surface area contributed by atoms with E-state index in [2.05, 4.69) is 17.4 Å². The predicted molar refractivity (Wildman–Crippen MR) is 124 cm³/mol. The fraction of sp³-hybridized carbons (Fsp3) is 0.192. The van der Waals surface area contributed by atoms with Gasteiger partial charge in [-0.3, -0.25) is 14.5 Å². The molecule has 1 aliphatic carbocycles. The molecule has 0 radical (unpaired) electrons. The first-order chi connectivity index (χ1) is 15.9. The highest BCUT2D eigenvalue weighted by molar-refractivity contribution is 5.99. The van der Waals surface area contributed by atoms with Crippen molar-refractivity contribution < 1.29 is 24.2 Å². The lowest BCUT2D eigenvalue weighted by Gasteiger charge is -2.21. The van der Waals surface area contributed by atoms with Crippen LogP contribution in [0.1, 0.15) is 22.6 Å². The second-order valence-corrected chi connectivity index (χ2v) is 7.89. The van der Waals surface area contributed by atoms with E-state index < -0.39 is 24.5 Å². The summed E-state index contributed by atoms with van der Waals surface area (Å²) in [5.74, 6) is -1.78. The molecule has 2 amide bonds. The van der Waals surface area contributed by atoms with Crippen LogP contribution < -0.4 is 10.2 Å². The number of hydrogen-bond acceptors (Lipinski definition) is 4. The van der Waals surface area contributed by atoms with Gasteiger partial charge >= 0.3 is 12.1 Å². The Morgan fingerprint density at radius 3 is 2.06 bits per heavy atom. The molecule has 0 heterocycles. The van der Waals surface area contributed by atoms with Crippen LogP contribution in [0, 0.1) is 6.92 Å². The summed E-state index contributed by atoms with van der Waals surface area (Å²) in [5, 5.41) is 11.6. The van der Waals surface area contributed by atoms with Crippen molar-refractivity contribution in [2.24, 2.45) is 0 Å². The predicted octanol–water partition coefficient (Wildman–Crippen LogP) is 3.95. The van der Waals surface area contributed by atoms with E-state index in [1.165, 1.54) is 0 Å². The van der Waals surface area contributed by atoms with Gasteiger partial charge in [0.2, 0.25) is 5.91 Å². The van der Waals surface area contributed by atoms with Crippen LogP contribution >= 0.6 is 0 Å². The first-order valence-electron chi connectivity index (χ1n) is 10.6. The number of aliphatic carboxylic acids is 1. The summed E-state index contributed by atoms with van der Waals surface area (Å²) in [6.45, 7) is 1.14. The molecule has 3 aromatic carbocycles. The van der Waals surface area contributed by atoms with Crippen LogP contribution in [0.3, 0.4) is 0 Å². The Morgan fingerprint density at radius 2 is 1.48 bits per heavy atom. The maximum atomic E-state index is 12.6.